The average molecular weight is 285 g/mol. The van der Waals surface area contributed by atoms with Crippen LogP contribution in [-0.4, -0.2) is 64.4 Å². The summed E-state index contributed by atoms with van der Waals surface area (Å²) < 4.78 is 31.1. The Kier molecular flexibility index (Phi) is 4.13. The maximum absolute atomic E-state index is 11.1. The molecule has 1 aliphatic rings. The first-order valence-electron chi connectivity index (χ1n) is 5.24. The molecular formula is C13H10KO3S. The molecule has 1 N–H and O–H groups in total. The van der Waals surface area contributed by atoms with Crippen molar-refractivity contribution in [2.75, 3.05) is 0 Å². The summed E-state index contributed by atoms with van der Waals surface area (Å²) in [6.07, 6.45) is 0.717. The number of hydrogen-bond acceptors (Lipinski definition) is 2. The molecule has 18 heavy (non-hydrogen) atoms. The van der Waals surface area contributed by atoms with Crippen LogP contribution in [0.15, 0.2) is 47.4 Å². The first-order chi connectivity index (χ1) is 8.05. The molecule has 2 aromatic carbocycles. The third-order valence-electron chi connectivity index (χ3n) is 3.06. The quantitative estimate of drug-likeness (QED) is 0.550. The summed E-state index contributed by atoms with van der Waals surface area (Å²) >= 11 is 0. The van der Waals surface area contributed by atoms with Gasteiger partial charge in [-0.25, -0.2) is 0 Å². The van der Waals surface area contributed by atoms with E-state index in [2.05, 4.69) is 0 Å². The summed E-state index contributed by atoms with van der Waals surface area (Å²) in [4.78, 5) is -0.0379. The van der Waals surface area contributed by atoms with Gasteiger partial charge in [-0.15, -0.1) is 0 Å². The molecule has 0 saturated carbocycles. The summed E-state index contributed by atoms with van der Waals surface area (Å²) in [5.74, 6) is 0. The van der Waals surface area contributed by atoms with Crippen molar-refractivity contribution in [2.24, 2.45) is 0 Å². The van der Waals surface area contributed by atoms with Crippen LogP contribution in [0.25, 0.3) is 11.1 Å². The second-order valence-corrected chi connectivity index (χ2v) is 5.55. The minimum Gasteiger partial charge on any atom is -0.282 e. The molecule has 0 spiro atoms. The van der Waals surface area contributed by atoms with Gasteiger partial charge >= 0.3 is 0 Å². The Hall–Kier alpha value is -0.0136. The Morgan fingerprint density at radius 3 is 2.33 bits per heavy atom. The number of hydrogen-bond donors (Lipinski definition) is 1. The molecular weight excluding hydrogens is 275 g/mol. The summed E-state index contributed by atoms with van der Waals surface area (Å²) in [6.45, 7) is 0. The second kappa shape index (κ2) is 5.17. The van der Waals surface area contributed by atoms with Crippen molar-refractivity contribution >= 4 is 61.5 Å². The number of benzene rings is 2. The standard InChI is InChI=1S/C13H10O3S.K/c14-17(15,16)11-5-6-13-10(8-11)7-9-3-1-2-4-12(9)13;/h1-6,8H,7H2,(H,14,15,16);. The molecule has 0 heterocycles. The Bertz CT molecular complexity index is 708. The monoisotopic (exact) mass is 285 g/mol. The smallest absolute Gasteiger partial charge is 0.282 e. The maximum atomic E-state index is 11.1. The fourth-order valence-electron chi connectivity index (χ4n) is 2.28. The molecule has 0 fully saturated rings. The van der Waals surface area contributed by atoms with Gasteiger partial charge in [0, 0.05) is 51.4 Å². The van der Waals surface area contributed by atoms with Crippen molar-refractivity contribution in [3.8, 4) is 11.1 Å². The molecule has 3 nitrogen and oxygen atoms in total. The van der Waals surface area contributed by atoms with Crippen molar-refractivity contribution < 1.29 is 13.0 Å². The van der Waals surface area contributed by atoms with E-state index in [1.54, 1.807) is 12.1 Å². The Morgan fingerprint density at radius 2 is 1.61 bits per heavy atom. The van der Waals surface area contributed by atoms with Gasteiger partial charge in [-0.1, -0.05) is 30.3 Å². The van der Waals surface area contributed by atoms with Crippen molar-refractivity contribution in [3.63, 3.8) is 0 Å². The summed E-state index contributed by atoms with van der Waals surface area (Å²) in [5.41, 5.74) is 4.33. The van der Waals surface area contributed by atoms with Crippen LogP contribution < -0.4 is 0 Å². The summed E-state index contributed by atoms with van der Waals surface area (Å²) in [6, 6.07) is 12.7. The van der Waals surface area contributed by atoms with Crippen molar-refractivity contribution in [2.45, 2.75) is 11.3 Å². The van der Waals surface area contributed by atoms with E-state index in [1.165, 1.54) is 11.6 Å². The zero-order valence-corrected chi connectivity index (χ0v) is 13.9. The van der Waals surface area contributed by atoms with E-state index < -0.39 is 10.1 Å². The molecule has 1 aliphatic carbocycles. The first-order valence-corrected chi connectivity index (χ1v) is 6.68. The van der Waals surface area contributed by atoms with Gasteiger partial charge in [0.25, 0.3) is 10.1 Å². The molecule has 2 aromatic rings. The van der Waals surface area contributed by atoms with E-state index >= 15 is 0 Å². The predicted octanol–water partition coefficient (Wildman–Crippen LogP) is 2.12. The van der Waals surface area contributed by atoms with Crippen molar-refractivity contribution in [1.82, 2.24) is 0 Å². The Balaban J connectivity index is 0.00000120. The third kappa shape index (κ3) is 2.49. The molecule has 0 aromatic heterocycles. The van der Waals surface area contributed by atoms with Crippen LogP contribution in [-0.2, 0) is 16.5 Å². The van der Waals surface area contributed by atoms with Crippen LogP contribution in [0.5, 0.6) is 0 Å². The van der Waals surface area contributed by atoms with E-state index in [0.29, 0.717) is 0 Å². The number of fused-ring (bicyclic) bond motifs is 3. The normalized spacial score (nSPS) is 12.5. The molecule has 0 bridgehead atoms. The van der Waals surface area contributed by atoms with Crippen LogP contribution in [0.1, 0.15) is 11.1 Å². The summed E-state index contributed by atoms with van der Waals surface area (Å²) in [5, 5.41) is 0. The molecule has 0 saturated heterocycles. The molecule has 0 aliphatic heterocycles. The Labute approximate surface area is 148 Å². The van der Waals surface area contributed by atoms with Gasteiger partial charge in [0.2, 0.25) is 0 Å². The van der Waals surface area contributed by atoms with E-state index in [1.807, 2.05) is 24.3 Å². The number of rotatable bonds is 1. The Morgan fingerprint density at radius 1 is 0.944 bits per heavy atom. The van der Waals surface area contributed by atoms with Gasteiger partial charge in [0.1, 0.15) is 0 Å². The molecule has 1 radical (unpaired) electrons. The van der Waals surface area contributed by atoms with Gasteiger partial charge < -0.3 is 0 Å². The molecule has 0 atom stereocenters. The van der Waals surface area contributed by atoms with Gasteiger partial charge in [-0.3, -0.25) is 4.55 Å². The summed E-state index contributed by atoms with van der Waals surface area (Å²) in [7, 11) is -4.11. The SMILES string of the molecule is O=S(=O)(O)c1ccc2c(c1)Cc1ccccc1-2.[K]. The second-order valence-electron chi connectivity index (χ2n) is 4.13. The molecule has 0 unspecified atom stereocenters. The van der Waals surface area contributed by atoms with Crippen LogP contribution in [0.4, 0.5) is 0 Å². The zero-order valence-electron chi connectivity index (χ0n) is 9.92. The van der Waals surface area contributed by atoms with Crippen molar-refractivity contribution in [1.29, 1.82) is 0 Å². The third-order valence-corrected chi connectivity index (χ3v) is 3.91. The fourth-order valence-corrected chi connectivity index (χ4v) is 2.81. The van der Waals surface area contributed by atoms with E-state index in [4.69, 9.17) is 4.55 Å². The van der Waals surface area contributed by atoms with E-state index in [0.717, 1.165) is 23.1 Å². The zero-order chi connectivity index (χ0) is 12.0. The van der Waals surface area contributed by atoms with E-state index in [-0.39, 0.29) is 56.3 Å². The minimum absolute atomic E-state index is 0. The van der Waals surface area contributed by atoms with Gasteiger partial charge in [0.15, 0.2) is 0 Å². The van der Waals surface area contributed by atoms with E-state index in [9.17, 15) is 8.42 Å². The molecule has 5 heteroatoms. The van der Waals surface area contributed by atoms with Crippen molar-refractivity contribution in [3.05, 3.63) is 53.6 Å². The van der Waals surface area contributed by atoms with Crippen LogP contribution in [0.2, 0.25) is 0 Å². The maximum Gasteiger partial charge on any atom is 0.294 e. The van der Waals surface area contributed by atoms with Crippen LogP contribution in [0.3, 0.4) is 0 Å². The minimum atomic E-state index is -4.11. The molecule has 87 valence electrons. The van der Waals surface area contributed by atoms with Crippen LogP contribution >= 0.6 is 0 Å². The van der Waals surface area contributed by atoms with Gasteiger partial charge in [-0.05, 0) is 40.8 Å². The van der Waals surface area contributed by atoms with Gasteiger partial charge in [-0.2, -0.15) is 8.42 Å². The molecule has 0 amide bonds. The average Bonchev–Trinajstić information content (AvgIpc) is 2.65. The largest absolute Gasteiger partial charge is 0.294 e. The molecule has 3 rings (SSSR count). The first kappa shape index (κ1) is 14.4. The topological polar surface area (TPSA) is 54.4 Å². The van der Waals surface area contributed by atoms with Crippen LogP contribution in [0, 0.1) is 0 Å². The fraction of sp³-hybridized carbons (Fsp3) is 0.0769. The predicted molar refractivity (Wildman–Crippen MR) is 70.3 cm³/mol. The van der Waals surface area contributed by atoms with Gasteiger partial charge in [0.05, 0.1) is 4.90 Å².